The van der Waals surface area contributed by atoms with Crippen molar-refractivity contribution >= 4 is 40.3 Å². The first-order valence-electron chi connectivity index (χ1n) is 9.91. The second-order valence-corrected chi connectivity index (χ2v) is 8.31. The Labute approximate surface area is 189 Å². The maximum absolute atomic E-state index is 15.2. The lowest BCUT2D eigenvalue weighted by Crippen LogP contribution is -2.10. The van der Waals surface area contributed by atoms with Crippen molar-refractivity contribution in [3.05, 3.63) is 77.3 Å². The fraction of sp³-hybridized carbons (Fsp3) is 0.136. The first-order valence-corrected chi connectivity index (χ1v) is 10.7. The molecule has 4 aromatic rings. The van der Waals surface area contributed by atoms with E-state index in [-0.39, 0.29) is 22.2 Å². The van der Waals surface area contributed by atoms with Gasteiger partial charge in [0.15, 0.2) is 5.82 Å². The summed E-state index contributed by atoms with van der Waals surface area (Å²) in [5.41, 5.74) is -0.695. The van der Waals surface area contributed by atoms with Crippen LogP contribution in [0.1, 0.15) is 28.8 Å². The summed E-state index contributed by atoms with van der Waals surface area (Å²) in [6, 6.07) is 5.04. The number of anilines is 2. The molecule has 0 unspecified atom stereocenters. The fourth-order valence-electron chi connectivity index (χ4n) is 3.31. The minimum absolute atomic E-state index is 0.00697. The average molecular weight is 473 g/mol. The highest BCUT2D eigenvalue weighted by molar-refractivity contribution is 8.00. The minimum Gasteiger partial charge on any atom is -0.367 e. The normalized spacial score (nSPS) is 13.3. The van der Waals surface area contributed by atoms with Crippen LogP contribution in [0.25, 0.3) is 11.0 Å². The molecule has 3 N–H and O–H groups in total. The minimum atomic E-state index is -1.16. The number of halogens is 4. The molecule has 1 saturated carbocycles. The maximum atomic E-state index is 15.2. The summed E-state index contributed by atoms with van der Waals surface area (Å²) in [7, 11) is 0. The second kappa shape index (κ2) is 8.39. The number of fused-ring (bicyclic) bond motifs is 1. The molecule has 0 spiro atoms. The van der Waals surface area contributed by atoms with Crippen LogP contribution >= 0.6 is 11.9 Å². The number of H-pyrrole nitrogens is 1. The van der Waals surface area contributed by atoms with Crippen LogP contribution in [-0.2, 0) is 0 Å². The van der Waals surface area contributed by atoms with E-state index in [0.717, 1.165) is 43.2 Å². The Hall–Kier alpha value is -3.60. The lowest BCUT2D eigenvalue weighted by Gasteiger charge is -2.11. The summed E-state index contributed by atoms with van der Waals surface area (Å²) in [6.07, 6.45) is 4.57. The molecular formula is C22H15F4N5OS. The first-order chi connectivity index (χ1) is 15.9. The number of rotatable bonds is 7. The third-order valence-electron chi connectivity index (χ3n) is 5.12. The third-order valence-corrected chi connectivity index (χ3v) is 5.97. The van der Waals surface area contributed by atoms with Crippen LogP contribution < -0.4 is 10.0 Å². The zero-order valence-electron chi connectivity index (χ0n) is 16.8. The molecule has 168 valence electrons. The van der Waals surface area contributed by atoms with Crippen LogP contribution in [0.5, 0.6) is 0 Å². The van der Waals surface area contributed by atoms with Gasteiger partial charge in [0, 0.05) is 12.2 Å². The van der Waals surface area contributed by atoms with Crippen molar-refractivity contribution in [2.75, 3.05) is 10.0 Å². The van der Waals surface area contributed by atoms with E-state index in [1.54, 1.807) is 0 Å². The first kappa shape index (κ1) is 21.3. The Morgan fingerprint density at radius 3 is 2.64 bits per heavy atom. The molecule has 0 saturated heterocycles. The van der Waals surface area contributed by atoms with E-state index in [0.29, 0.717) is 28.8 Å². The number of nitrogens with zero attached hydrogens (tertiary/aromatic N) is 2. The summed E-state index contributed by atoms with van der Waals surface area (Å²) in [4.78, 5) is 24.2. The van der Waals surface area contributed by atoms with Crippen molar-refractivity contribution in [3.63, 3.8) is 0 Å². The van der Waals surface area contributed by atoms with E-state index < -0.39 is 34.6 Å². The van der Waals surface area contributed by atoms with Gasteiger partial charge in [-0.2, -0.15) is 0 Å². The lowest BCUT2D eigenvalue weighted by molar-refractivity contribution is 0.103. The molecule has 2 aromatic heterocycles. The topological polar surface area (TPSA) is 82.7 Å². The van der Waals surface area contributed by atoms with Crippen LogP contribution in [0, 0.1) is 23.3 Å². The lowest BCUT2D eigenvalue weighted by atomic mass is 10.0. The molecule has 0 bridgehead atoms. The van der Waals surface area contributed by atoms with Crippen molar-refractivity contribution in [1.29, 1.82) is 0 Å². The maximum Gasteiger partial charge on any atom is 0.201 e. The fourth-order valence-corrected chi connectivity index (χ4v) is 4.03. The number of carbonyl (C=O) groups is 1. The van der Waals surface area contributed by atoms with Gasteiger partial charge in [0.1, 0.15) is 35.2 Å². The molecule has 2 heterocycles. The van der Waals surface area contributed by atoms with E-state index >= 15 is 4.39 Å². The predicted octanol–water partition coefficient (Wildman–Crippen LogP) is 5.44. The van der Waals surface area contributed by atoms with Crippen molar-refractivity contribution in [2.45, 2.75) is 23.8 Å². The summed E-state index contributed by atoms with van der Waals surface area (Å²) in [5.74, 6) is -4.12. The molecule has 0 atom stereocenters. The van der Waals surface area contributed by atoms with E-state index in [4.69, 9.17) is 0 Å². The molecule has 0 aliphatic heterocycles. The molecule has 6 nitrogen and oxygen atoms in total. The Morgan fingerprint density at radius 2 is 1.85 bits per heavy atom. The van der Waals surface area contributed by atoms with Gasteiger partial charge in [-0.3, -0.25) is 4.79 Å². The molecule has 33 heavy (non-hydrogen) atoms. The van der Waals surface area contributed by atoms with Crippen LogP contribution in [0.15, 0.2) is 47.8 Å². The van der Waals surface area contributed by atoms with E-state index in [9.17, 15) is 18.0 Å². The van der Waals surface area contributed by atoms with Crippen molar-refractivity contribution in [3.8, 4) is 0 Å². The standard InChI is InChI=1S/C22H15F4N5OS/c23-10-1-4-13(24)16(7-10)33-31-15-6-5-14(25)18(19(15)26)20(32)12-8-27-21-17(12)22(29-9-28-21)30-11-2-3-11/h1,4-9,11,31H,2-3H2,(H2,27,28,29,30). The Balaban J connectivity index is 1.49. The van der Waals surface area contributed by atoms with Gasteiger partial charge in [-0.05, 0) is 55.1 Å². The van der Waals surface area contributed by atoms with Crippen molar-refractivity contribution in [1.82, 2.24) is 15.0 Å². The summed E-state index contributed by atoms with van der Waals surface area (Å²) >= 11 is 0.596. The zero-order valence-corrected chi connectivity index (χ0v) is 17.6. The molecule has 0 amide bonds. The molecule has 1 aliphatic rings. The monoisotopic (exact) mass is 473 g/mol. The zero-order chi connectivity index (χ0) is 23.1. The number of nitrogens with one attached hydrogen (secondary N) is 3. The largest absolute Gasteiger partial charge is 0.367 e. The highest BCUT2D eigenvalue weighted by Gasteiger charge is 2.28. The second-order valence-electron chi connectivity index (χ2n) is 7.46. The smallest absolute Gasteiger partial charge is 0.201 e. The van der Waals surface area contributed by atoms with Gasteiger partial charge in [0.2, 0.25) is 5.78 Å². The molecule has 1 aliphatic carbocycles. The van der Waals surface area contributed by atoms with Crippen LogP contribution in [-0.4, -0.2) is 26.8 Å². The summed E-state index contributed by atoms with van der Waals surface area (Å²) in [5, 5.41) is 3.52. The third kappa shape index (κ3) is 4.11. The summed E-state index contributed by atoms with van der Waals surface area (Å²) in [6.45, 7) is 0. The van der Waals surface area contributed by atoms with Crippen molar-refractivity contribution < 1.29 is 22.4 Å². The molecular weight excluding hydrogens is 458 g/mol. The van der Waals surface area contributed by atoms with E-state index in [1.807, 2.05) is 0 Å². The summed E-state index contributed by atoms with van der Waals surface area (Å²) < 4.78 is 59.6. The van der Waals surface area contributed by atoms with Crippen LogP contribution in [0.2, 0.25) is 0 Å². The number of benzene rings is 2. The van der Waals surface area contributed by atoms with Gasteiger partial charge in [-0.15, -0.1) is 0 Å². The van der Waals surface area contributed by atoms with E-state index in [2.05, 4.69) is 25.0 Å². The Bertz CT molecular complexity index is 1390. The molecule has 0 radical (unpaired) electrons. The van der Waals surface area contributed by atoms with Gasteiger partial charge in [0.05, 0.1) is 27.1 Å². The number of carbonyl (C=O) groups excluding carboxylic acids is 1. The van der Waals surface area contributed by atoms with Crippen LogP contribution in [0.4, 0.5) is 29.1 Å². The van der Waals surface area contributed by atoms with Gasteiger partial charge in [0.25, 0.3) is 0 Å². The molecule has 5 rings (SSSR count). The number of ketones is 1. The average Bonchev–Trinajstić information content (AvgIpc) is 3.50. The quantitative estimate of drug-likeness (QED) is 0.188. The van der Waals surface area contributed by atoms with E-state index in [1.165, 1.54) is 12.5 Å². The highest BCUT2D eigenvalue weighted by atomic mass is 32.2. The van der Waals surface area contributed by atoms with Gasteiger partial charge in [-0.1, -0.05) is 0 Å². The Morgan fingerprint density at radius 1 is 1.06 bits per heavy atom. The number of hydrogen-bond donors (Lipinski definition) is 3. The van der Waals surface area contributed by atoms with Crippen molar-refractivity contribution in [2.24, 2.45) is 0 Å². The molecule has 1 fully saturated rings. The predicted molar refractivity (Wildman–Crippen MR) is 116 cm³/mol. The SMILES string of the molecule is O=C(c1c(F)ccc(NSc2cc(F)ccc2F)c1F)c1c[nH]c2ncnc(NC3CC3)c12. The van der Waals surface area contributed by atoms with Gasteiger partial charge < -0.3 is 15.0 Å². The van der Waals surface area contributed by atoms with Gasteiger partial charge >= 0.3 is 0 Å². The highest BCUT2D eigenvalue weighted by Crippen LogP contribution is 2.33. The number of aromatic amines is 1. The number of hydrogen-bond acceptors (Lipinski definition) is 6. The Kier molecular flexibility index (Phi) is 5.41. The van der Waals surface area contributed by atoms with Gasteiger partial charge in [-0.25, -0.2) is 27.5 Å². The van der Waals surface area contributed by atoms with Crippen LogP contribution in [0.3, 0.4) is 0 Å². The molecule has 2 aromatic carbocycles. The molecule has 11 heteroatoms. The number of aromatic nitrogens is 3.